The number of anilines is 1. The van der Waals surface area contributed by atoms with Crippen LogP contribution in [0.4, 0.5) is 5.69 Å². The molecule has 4 nitrogen and oxygen atoms in total. The van der Waals surface area contributed by atoms with Gasteiger partial charge in [-0.1, -0.05) is 17.7 Å². The Hall–Kier alpha value is -1.94. The summed E-state index contributed by atoms with van der Waals surface area (Å²) in [6.07, 6.45) is 1.75. The number of phenols is 1. The van der Waals surface area contributed by atoms with Gasteiger partial charge in [0.05, 0.1) is 5.69 Å². The van der Waals surface area contributed by atoms with Crippen molar-refractivity contribution in [2.45, 2.75) is 20.0 Å². The van der Waals surface area contributed by atoms with Crippen molar-refractivity contribution < 1.29 is 5.11 Å². The van der Waals surface area contributed by atoms with E-state index in [9.17, 15) is 9.90 Å². The Balaban J connectivity index is 2.17. The van der Waals surface area contributed by atoms with Crippen molar-refractivity contribution in [3.63, 3.8) is 0 Å². The molecular weight excluding hydrogens is 264 g/mol. The molecule has 2 aromatic rings. The van der Waals surface area contributed by atoms with Gasteiger partial charge in [0.25, 0.3) is 5.56 Å². The van der Waals surface area contributed by atoms with Gasteiger partial charge in [0, 0.05) is 35.9 Å². The quantitative estimate of drug-likeness (QED) is 0.904. The van der Waals surface area contributed by atoms with Crippen LogP contribution >= 0.6 is 11.6 Å². The highest BCUT2D eigenvalue weighted by Gasteiger charge is 2.06. The van der Waals surface area contributed by atoms with Gasteiger partial charge in [-0.15, -0.1) is 0 Å². The lowest BCUT2D eigenvalue weighted by Gasteiger charge is -2.11. The van der Waals surface area contributed by atoms with Crippen molar-refractivity contribution >= 4 is 17.3 Å². The maximum absolute atomic E-state index is 11.5. The Morgan fingerprint density at radius 2 is 2.11 bits per heavy atom. The zero-order chi connectivity index (χ0) is 13.8. The largest absolute Gasteiger partial charge is 0.508 e. The van der Waals surface area contributed by atoms with Crippen LogP contribution in [0.3, 0.4) is 0 Å². The monoisotopic (exact) mass is 278 g/mol. The molecule has 0 atom stereocenters. The molecule has 1 aromatic heterocycles. The van der Waals surface area contributed by atoms with Crippen LogP contribution in [-0.2, 0) is 13.1 Å². The summed E-state index contributed by atoms with van der Waals surface area (Å²) >= 11 is 6.02. The third kappa shape index (κ3) is 3.09. The van der Waals surface area contributed by atoms with E-state index in [0.29, 0.717) is 23.7 Å². The van der Waals surface area contributed by atoms with E-state index in [-0.39, 0.29) is 11.3 Å². The maximum atomic E-state index is 11.5. The summed E-state index contributed by atoms with van der Waals surface area (Å²) in [7, 11) is 0. The molecule has 19 heavy (non-hydrogen) atoms. The number of hydrogen-bond acceptors (Lipinski definition) is 3. The lowest BCUT2D eigenvalue weighted by Crippen LogP contribution is -2.17. The second-order valence-electron chi connectivity index (χ2n) is 4.13. The van der Waals surface area contributed by atoms with Gasteiger partial charge in [0.1, 0.15) is 5.75 Å². The van der Waals surface area contributed by atoms with Gasteiger partial charge in [-0.25, -0.2) is 0 Å². The van der Waals surface area contributed by atoms with Crippen LogP contribution in [0.15, 0.2) is 41.3 Å². The lowest BCUT2D eigenvalue weighted by molar-refractivity contribution is 0.469. The van der Waals surface area contributed by atoms with Crippen LogP contribution in [0.5, 0.6) is 5.75 Å². The van der Waals surface area contributed by atoms with Gasteiger partial charge in [0.15, 0.2) is 0 Å². The van der Waals surface area contributed by atoms with Crippen molar-refractivity contribution in [2.24, 2.45) is 0 Å². The molecule has 1 heterocycles. The molecule has 0 radical (unpaired) electrons. The molecule has 0 saturated carbocycles. The Morgan fingerprint density at radius 3 is 2.79 bits per heavy atom. The number of halogens is 1. The minimum absolute atomic E-state index is 0.0337. The van der Waals surface area contributed by atoms with Crippen molar-refractivity contribution in [1.82, 2.24) is 4.57 Å². The highest BCUT2D eigenvalue weighted by Crippen LogP contribution is 2.25. The number of aryl methyl sites for hydroxylation is 1. The molecule has 0 amide bonds. The summed E-state index contributed by atoms with van der Waals surface area (Å²) < 4.78 is 1.61. The zero-order valence-electron chi connectivity index (χ0n) is 10.6. The fourth-order valence-electron chi connectivity index (χ4n) is 1.80. The second-order valence-corrected chi connectivity index (χ2v) is 4.54. The number of pyridine rings is 1. The molecule has 0 saturated heterocycles. The molecule has 2 N–H and O–H groups in total. The van der Waals surface area contributed by atoms with E-state index in [1.165, 1.54) is 6.07 Å². The number of nitrogens with one attached hydrogen (secondary N) is 1. The van der Waals surface area contributed by atoms with Crippen LogP contribution in [0.1, 0.15) is 12.5 Å². The minimum atomic E-state index is -0.0337. The highest BCUT2D eigenvalue weighted by molar-refractivity contribution is 6.31. The summed E-state index contributed by atoms with van der Waals surface area (Å²) in [5.41, 5.74) is 1.41. The molecule has 5 heteroatoms. The summed E-state index contributed by atoms with van der Waals surface area (Å²) in [6.45, 7) is 2.92. The average Bonchev–Trinajstić information content (AvgIpc) is 2.40. The number of aromatic nitrogens is 1. The van der Waals surface area contributed by atoms with E-state index < -0.39 is 0 Å². The summed E-state index contributed by atoms with van der Waals surface area (Å²) in [5, 5.41) is 13.4. The molecule has 0 spiro atoms. The molecule has 0 bridgehead atoms. The van der Waals surface area contributed by atoms with Gasteiger partial charge in [-0.2, -0.15) is 0 Å². The number of hydrogen-bond donors (Lipinski definition) is 2. The van der Waals surface area contributed by atoms with Gasteiger partial charge in [-0.05, 0) is 25.1 Å². The molecule has 100 valence electrons. The zero-order valence-corrected chi connectivity index (χ0v) is 11.3. The number of nitrogens with zero attached hydrogens (tertiary/aromatic N) is 1. The number of rotatable bonds is 4. The van der Waals surface area contributed by atoms with Crippen LogP contribution in [0.2, 0.25) is 5.02 Å². The van der Waals surface area contributed by atoms with E-state index >= 15 is 0 Å². The van der Waals surface area contributed by atoms with Crippen molar-refractivity contribution in [3.05, 3.63) is 57.5 Å². The van der Waals surface area contributed by atoms with Crippen LogP contribution < -0.4 is 10.9 Å². The summed E-state index contributed by atoms with van der Waals surface area (Å²) in [4.78, 5) is 11.5. The first-order valence-electron chi connectivity index (χ1n) is 6.02. The first-order valence-corrected chi connectivity index (χ1v) is 6.40. The predicted molar refractivity (Wildman–Crippen MR) is 76.8 cm³/mol. The van der Waals surface area contributed by atoms with Gasteiger partial charge < -0.3 is 15.0 Å². The first kappa shape index (κ1) is 13.5. The lowest BCUT2D eigenvalue weighted by atomic mass is 10.2. The van der Waals surface area contributed by atoms with E-state index in [2.05, 4.69) is 5.32 Å². The third-order valence-corrected chi connectivity index (χ3v) is 3.24. The van der Waals surface area contributed by atoms with E-state index in [1.807, 2.05) is 6.92 Å². The molecule has 0 fully saturated rings. The Bertz CT molecular complexity index is 617. The fraction of sp³-hybridized carbons (Fsp3) is 0.214. The van der Waals surface area contributed by atoms with Crippen LogP contribution in [0, 0.1) is 0 Å². The number of benzene rings is 1. The van der Waals surface area contributed by atoms with Crippen LogP contribution in [0.25, 0.3) is 0 Å². The van der Waals surface area contributed by atoms with Gasteiger partial charge in [-0.3, -0.25) is 4.79 Å². The SMILES string of the molecule is CCn1cc(NCc2c(O)cccc2Cl)ccc1=O. The van der Waals surface area contributed by atoms with Crippen molar-refractivity contribution in [2.75, 3.05) is 5.32 Å². The maximum Gasteiger partial charge on any atom is 0.250 e. The van der Waals surface area contributed by atoms with E-state index in [1.54, 1.807) is 35.0 Å². The van der Waals surface area contributed by atoms with Crippen molar-refractivity contribution in [3.8, 4) is 5.75 Å². The normalized spacial score (nSPS) is 10.4. The highest BCUT2D eigenvalue weighted by atomic mass is 35.5. The number of phenolic OH excluding ortho intramolecular Hbond substituents is 1. The smallest absolute Gasteiger partial charge is 0.250 e. The minimum Gasteiger partial charge on any atom is -0.508 e. The standard InChI is InChI=1S/C14H15ClN2O2/c1-2-17-9-10(6-7-14(17)19)16-8-11-12(15)4-3-5-13(11)18/h3-7,9,16,18H,2,8H2,1H3. The molecule has 2 rings (SSSR count). The predicted octanol–water partition coefficient (Wildman–Crippen LogP) is 2.84. The molecule has 0 aliphatic carbocycles. The molecule has 1 aromatic carbocycles. The Morgan fingerprint density at radius 1 is 1.32 bits per heavy atom. The summed E-state index contributed by atoms with van der Waals surface area (Å²) in [5.74, 6) is 0.156. The third-order valence-electron chi connectivity index (χ3n) is 2.89. The molecular formula is C14H15ClN2O2. The van der Waals surface area contributed by atoms with Gasteiger partial charge in [0.2, 0.25) is 0 Å². The first-order chi connectivity index (χ1) is 9.11. The van der Waals surface area contributed by atoms with Gasteiger partial charge >= 0.3 is 0 Å². The number of aromatic hydroxyl groups is 1. The van der Waals surface area contributed by atoms with E-state index in [0.717, 1.165) is 5.69 Å². The topological polar surface area (TPSA) is 54.3 Å². The average molecular weight is 279 g/mol. The molecule has 0 aliphatic rings. The fourth-order valence-corrected chi connectivity index (χ4v) is 2.03. The summed E-state index contributed by atoms with van der Waals surface area (Å²) in [6, 6.07) is 8.24. The second kappa shape index (κ2) is 5.80. The van der Waals surface area contributed by atoms with Crippen molar-refractivity contribution in [1.29, 1.82) is 0 Å². The van der Waals surface area contributed by atoms with E-state index in [4.69, 9.17) is 11.6 Å². The Kier molecular flexibility index (Phi) is 4.12. The molecule has 0 aliphatic heterocycles. The molecule has 0 unspecified atom stereocenters. The van der Waals surface area contributed by atoms with Crippen LogP contribution in [-0.4, -0.2) is 9.67 Å². The Labute approximate surface area is 116 Å².